The maximum Gasteiger partial charge on any atom is 0.338 e. The second-order valence-electron chi connectivity index (χ2n) is 5.68. The van der Waals surface area contributed by atoms with Gasteiger partial charge in [-0.2, -0.15) is 0 Å². The molecule has 0 aromatic heterocycles. The molecule has 0 amide bonds. The monoisotopic (exact) mass is 297 g/mol. The Morgan fingerprint density at radius 2 is 1.86 bits per heavy atom. The van der Waals surface area contributed by atoms with Crippen LogP contribution in [0.25, 0.3) is 0 Å². The summed E-state index contributed by atoms with van der Waals surface area (Å²) in [5.74, 6) is -0.0189. The van der Waals surface area contributed by atoms with E-state index in [0.717, 1.165) is 24.0 Å². The molecule has 0 spiro atoms. The van der Waals surface area contributed by atoms with Crippen LogP contribution in [0.15, 0.2) is 48.5 Å². The Balaban J connectivity index is 1.61. The summed E-state index contributed by atoms with van der Waals surface area (Å²) in [4.78, 5) is 12.0. The second-order valence-corrected chi connectivity index (χ2v) is 5.68. The summed E-state index contributed by atoms with van der Waals surface area (Å²) in [5, 5.41) is 10.0. The van der Waals surface area contributed by atoms with Gasteiger partial charge < -0.3 is 15.6 Å². The molecule has 1 saturated carbocycles. The highest BCUT2D eigenvalue weighted by molar-refractivity contribution is 5.89. The minimum absolute atomic E-state index is 0.151. The van der Waals surface area contributed by atoms with E-state index in [9.17, 15) is 9.90 Å². The third-order valence-corrected chi connectivity index (χ3v) is 3.97. The SMILES string of the molecule is Nc1ccccc1COC(=O)c1ccc(C(O)C2CC2)cc1. The van der Waals surface area contributed by atoms with Gasteiger partial charge in [-0.05, 0) is 42.5 Å². The molecule has 4 heteroatoms. The molecular formula is C18H19NO3. The van der Waals surface area contributed by atoms with E-state index in [4.69, 9.17) is 10.5 Å². The maximum atomic E-state index is 12.0. The van der Waals surface area contributed by atoms with Crippen molar-refractivity contribution in [1.29, 1.82) is 0 Å². The lowest BCUT2D eigenvalue weighted by molar-refractivity contribution is 0.0473. The van der Waals surface area contributed by atoms with Crippen LogP contribution < -0.4 is 5.73 Å². The number of nitrogens with two attached hydrogens (primary N) is 1. The third-order valence-electron chi connectivity index (χ3n) is 3.97. The summed E-state index contributed by atoms with van der Waals surface area (Å²) < 4.78 is 5.27. The first kappa shape index (κ1) is 14.6. The Hall–Kier alpha value is -2.33. The molecule has 1 aliphatic rings. The zero-order valence-electron chi connectivity index (χ0n) is 12.2. The number of hydrogen-bond acceptors (Lipinski definition) is 4. The highest BCUT2D eigenvalue weighted by Crippen LogP contribution is 2.40. The fraction of sp³-hybridized carbons (Fsp3) is 0.278. The number of hydrogen-bond donors (Lipinski definition) is 2. The number of para-hydroxylation sites is 1. The predicted molar refractivity (Wildman–Crippen MR) is 84.1 cm³/mol. The topological polar surface area (TPSA) is 72.5 Å². The molecule has 22 heavy (non-hydrogen) atoms. The van der Waals surface area contributed by atoms with Gasteiger partial charge in [-0.25, -0.2) is 4.79 Å². The molecular weight excluding hydrogens is 278 g/mol. The molecule has 0 bridgehead atoms. The molecule has 1 unspecified atom stereocenters. The van der Waals surface area contributed by atoms with Crippen LogP contribution >= 0.6 is 0 Å². The fourth-order valence-corrected chi connectivity index (χ4v) is 2.39. The Kier molecular flexibility index (Phi) is 4.11. The number of carbonyl (C=O) groups excluding carboxylic acids is 1. The van der Waals surface area contributed by atoms with Crippen LogP contribution in [-0.2, 0) is 11.3 Å². The van der Waals surface area contributed by atoms with Crippen LogP contribution in [0.2, 0.25) is 0 Å². The van der Waals surface area contributed by atoms with Crippen LogP contribution in [0.1, 0.15) is 40.4 Å². The number of nitrogen functional groups attached to an aromatic ring is 1. The van der Waals surface area contributed by atoms with Gasteiger partial charge in [0, 0.05) is 11.3 Å². The molecule has 1 aliphatic carbocycles. The largest absolute Gasteiger partial charge is 0.457 e. The Labute approximate surface area is 129 Å². The zero-order chi connectivity index (χ0) is 15.5. The van der Waals surface area contributed by atoms with E-state index in [1.165, 1.54) is 0 Å². The number of esters is 1. The van der Waals surface area contributed by atoms with Gasteiger partial charge in [0.2, 0.25) is 0 Å². The van der Waals surface area contributed by atoms with Crippen molar-refractivity contribution >= 4 is 11.7 Å². The van der Waals surface area contributed by atoms with Crippen molar-refractivity contribution < 1.29 is 14.6 Å². The first-order valence-electron chi connectivity index (χ1n) is 7.43. The molecule has 3 N–H and O–H groups in total. The van der Waals surface area contributed by atoms with Crippen molar-refractivity contribution in [3.8, 4) is 0 Å². The second kappa shape index (κ2) is 6.20. The van der Waals surface area contributed by atoms with Crippen molar-refractivity contribution in [2.75, 3.05) is 5.73 Å². The lowest BCUT2D eigenvalue weighted by atomic mass is 10.0. The average molecular weight is 297 g/mol. The molecule has 114 valence electrons. The predicted octanol–water partition coefficient (Wildman–Crippen LogP) is 3.07. The molecule has 2 aromatic rings. The van der Waals surface area contributed by atoms with Crippen LogP contribution in [0.4, 0.5) is 5.69 Å². The smallest absolute Gasteiger partial charge is 0.338 e. The van der Waals surface area contributed by atoms with E-state index in [-0.39, 0.29) is 6.61 Å². The van der Waals surface area contributed by atoms with Crippen molar-refractivity contribution in [1.82, 2.24) is 0 Å². The molecule has 1 fully saturated rings. The van der Waals surface area contributed by atoms with Gasteiger partial charge in [-0.1, -0.05) is 30.3 Å². The highest BCUT2D eigenvalue weighted by atomic mass is 16.5. The van der Waals surface area contributed by atoms with Gasteiger partial charge in [0.05, 0.1) is 11.7 Å². The molecule has 0 heterocycles. The van der Waals surface area contributed by atoms with Crippen LogP contribution in [0, 0.1) is 5.92 Å². The summed E-state index contributed by atoms with van der Waals surface area (Å²) in [6, 6.07) is 14.3. The summed E-state index contributed by atoms with van der Waals surface area (Å²) >= 11 is 0. The van der Waals surface area contributed by atoms with Gasteiger partial charge in [0.15, 0.2) is 0 Å². The number of benzene rings is 2. The standard InChI is InChI=1S/C18H19NO3/c19-16-4-2-1-3-15(16)11-22-18(21)14-9-7-13(8-10-14)17(20)12-5-6-12/h1-4,7-10,12,17,20H,5-6,11,19H2. The first-order chi connectivity index (χ1) is 10.6. The van der Waals surface area contributed by atoms with Gasteiger partial charge in [-0.3, -0.25) is 0 Å². The molecule has 0 saturated heterocycles. The molecule has 0 aliphatic heterocycles. The highest BCUT2D eigenvalue weighted by Gasteiger charge is 2.30. The minimum atomic E-state index is -0.422. The molecule has 3 rings (SSSR count). The molecule has 2 aromatic carbocycles. The van der Waals surface area contributed by atoms with E-state index < -0.39 is 12.1 Å². The van der Waals surface area contributed by atoms with Gasteiger partial charge in [0.25, 0.3) is 0 Å². The van der Waals surface area contributed by atoms with Gasteiger partial charge in [-0.15, -0.1) is 0 Å². The molecule has 1 atom stereocenters. The van der Waals surface area contributed by atoms with Gasteiger partial charge in [0.1, 0.15) is 6.61 Å². The van der Waals surface area contributed by atoms with Crippen molar-refractivity contribution in [3.05, 3.63) is 65.2 Å². The third kappa shape index (κ3) is 3.28. The van der Waals surface area contributed by atoms with Gasteiger partial charge >= 0.3 is 5.97 Å². The average Bonchev–Trinajstić information content (AvgIpc) is 3.38. The fourth-order valence-electron chi connectivity index (χ4n) is 2.39. The van der Waals surface area contributed by atoms with Crippen LogP contribution in [0.3, 0.4) is 0 Å². The number of ether oxygens (including phenoxy) is 1. The van der Waals surface area contributed by atoms with Crippen LogP contribution in [0.5, 0.6) is 0 Å². The summed E-state index contributed by atoms with van der Waals surface area (Å²) in [6.45, 7) is 0.151. The Morgan fingerprint density at radius 1 is 1.18 bits per heavy atom. The van der Waals surface area contributed by atoms with Crippen molar-refractivity contribution in [2.24, 2.45) is 5.92 Å². The summed E-state index contributed by atoms with van der Waals surface area (Å²) in [6.07, 6.45) is 1.72. The maximum absolute atomic E-state index is 12.0. The van der Waals surface area contributed by atoms with Crippen molar-refractivity contribution in [2.45, 2.75) is 25.6 Å². The first-order valence-corrected chi connectivity index (χ1v) is 7.43. The Morgan fingerprint density at radius 3 is 2.50 bits per heavy atom. The Bertz CT molecular complexity index is 662. The number of carbonyl (C=O) groups is 1. The summed E-state index contributed by atoms with van der Waals surface area (Å²) in [5.41, 5.74) is 8.54. The normalized spacial score (nSPS) is 15.3. The number of anilines is 1. The number of rotatable bonds is 5. The quantitative estimate of drug-likeness (QED) is 0.657. The number of aliphatic hydroxyl groups excluding tert-OH is 1. The van der Waals surface area contributed by atoms with E-state index in [0.29, 0.717) is 17.2 Å². The van der Waals surface area contributed by atoms with E-state index in [2.05, 4.69) is 0 Å². The zero-order valence-corrected chi connectivity index (χ0v) is 12.2. The lowest BCUT2D eigenvalue weighted by Crippen LogP contribution is -2.07. The molecule has 0 radical (unpaired) electrons. The van der Waals surface area contributed by atoms with E-state index in [1.807, 2.05) is 18.2 Å². The van der Waals surface area contributed by atoms with Crippen LogP contribution in [-0.4, -0.2) is 11.1 Å². The number of aliphatic hydroxyl groups is 1. The molecule has 4 nitrogen and oxygen atoms in total. The van der Waals surface area contributed by atoms with E-state index >= 15 is 0 Å². The lowest BCUT2D eigenvalue weighted by Gasteiger charge is -2.10. The minimum Gasteiger partial charge on any atom is -0.457 e. The summed E-state index contributed by atoms with van der Waals surface area (Å²) in [7, 11) is 0. The van der Waals surface area contributed by atoms with E-state index in [1.54, 1.807) is 30.3 Å². The van der Waals surface area contributed by atoms with Crippen molar-refractivity contribution in [3.63, 3.8) is 0 Å².